The molecule has 0 aromatic rings. The van der Waals surface area contributed by atoms with Gasteiger partial charge in [0.25, 0.3) is 0 Å². The highest BCUT2D eigenvalue weighted by molar-refractivity contribution is 5.69. The number of hydrogen-bond acceptors (Lipinski definition) is 6. The van der Waals surface area contributed by atoms with Crippen LogP contribution in [0.4, 0.5) is 0 Å². The van der Waals surface area contributed by atoms with Gasteiger partial charge in [0.2, 0.25) is 0 Å². The van der Waals surface area contributed by atoms with Gasteiger partial charge in [0.05, 0.1) is 18.3 Å². The van der Waals surface area contributed by atoms with Crippen LogP contribution in [0, 0.1) is 11.8 Å². The van der Waals surface area contributed by atoms with E-state index in [0.29, 0.717) is 32.1 Å². The van der Waals surface area contributed by atoms with Crippen molar-refractivity contribution in [3.05, 3.63) is 24.8 Å². The predicted octanol–water partition coefficient (Wildman–Crippen LogP) is 7.99. The van der Waals surface area contributed by atoms with Gasteiger partial charge in [-0.3, -0.25) is 9.59 Å². The highest BCUT2D eigenvalue weighted by Gasteiger charge is 2.43. The van der Waals surface area contributed by atoms with E-state index < -0.39 is 6.10 Å². The minimum absolute atomic E-state index is 0.00152. The molecule has 0 aliphatic heterocycles. The second kappa shape index (κ2) is 23.0. The van der Waals surface area contributed by atoms with Gasteiger partial charge in [0, 0.05) is 25.2 Å². The normalized spacial score (nSPS) is 21.6. The molecule has 1 fully saturated rings. The Bertz CT molecular complexity index is 703. The molecule has 5 atom stereocenters. The third kappa shape index (κ3) is 17.2. The van der Waals surface area contributed by atoms with Crippen LogP contribution in [-0.4, -0.2) is 46.6 Å². The lowest BCUT2D eigenvalue weighted by molar-refractivity contribution is -0.151. The van der Waals surface area contributed by atoms with Gasteiger partial charge in [-0.05, 0) is 77.6 Å². The van der Waals surface area contributed by atoms with Crippen molar-refractivity contribution in [1.29, 1.82) is 0 Å². The van der Waals surface area contributed by atoms with E-state index in [9.17, 15) is 19.8 Å². The molecule has 0 bridgehead atoms. The number of ether oxygens (including phenoxy) is 2. The number of aliphatic hydroxyl groups is 2. The zero-order chi connectivity index (χ0) is 29.6. The quantitative estimate of drug-likeness (QED) is 0.0701. The third-order valence-corrected chi connectivity index (χ3v) is 7.99. The van der Waals surface area contributed by atoms with E-state index in [-0.39, 0.29) is 42.1 Å². The van der Waals surface area contributed by atoms with Crippen LogP contribution in [0.15, 0.2) is 24.8 Å². The number of aliphatic hydroxyl groups excluding tert-OH is 2. The summed E-state index contributed by atoms with van der Waals surface area (Å²) in [4.78, 5) is 24.4. The summed E-state index contributed by atoms with van der Waals surface area (Å²) in [5, 5.41) is 21.5. The summed E-state index contributed by atoms with van der Waals surface area (Å²) in [6.07, 6.45) is 21.5. The number of carbonyl (C=O) groups is 2. The standard InChI is InChI=1S/C34H60O6/c1-5-7-9-10-11-12-13-18-23-34(38)40-32-26-31(36)29(30(32)25-24-28(35)20-16-8-6-2)21-17-14-15-19-22-33(37)39-27(3)4/h5,14,17,27-32,35-36H,1,6-13,15-16,18-26H2,2-4H3/b17-14-/t28-,29+,30+,31-,32+/m0/s1. The summed E-state index contributed by atoms with van der Waals surface area (Å²) in [5.41, 5.74) is 0. The Kier molecular flexibility index (Phi) is 20.9. The Morgan fingerprint density at radius 3 is 2.27 bits per heavy atom. The molecule has 6 heteroatoms. The molecule has 1 saturated carbocycles. The highest BCUT2D eigenvalue weighted by Crippen LogP contribution is 2.40. The average Bonchev–Trinajstić information content (AvgIpc) is 3.19. The van der Waals surface area contributed by atoms with E-state index in [2.05, 4.69) is 25.7 Å². The van der Waals surface area contributed by atoms with Gasteiger partial charge in [0.15, 0.2) is 0 Å². The fraction of sp³-hybridized carbons (Fsp3) is 0.824. The maximum Gasteiger partial charge on any atom is 0.306 e. The van der Waals surface area contributed by atoms with Crippen molar-refractivity contribution in [1.82, 2.24) is 0 Å². The monoisotopic (exact) mass is 564 g/mol. The molecule has 1 aliphatic carbocycles. The maximum atomic E-state index is 12.7. The summed E-state index contributed by atoms with van der Waals surface area (Å²) in [5.74, 6) is -0.296. The maximum absolute atomic E-state index is 12.7. The van der Waals surface area contributed by atoms with E-state index in [1.807, 2.05) is 19.9 Å². The van der Waals surface area contributed by atoms with Gasteiger partial charge < -0.3 is 19.7 Å². The van der Waals surface area contributed by atoms with Crippen molar-refractivity contribution >= 4 is 11.9 Å². The summed E-state index contributed by atoms with van der Waals surface area (Å²) < 4.78 is 11.1. The first-order valence-corrected chi connectivity index (χ1v) is 16.3. The third-order valence-electron chi connectivity index (χ3n) is 7.99. The first-order valence-electron chi connectivity index (χ1n) is 16.3. The van der Waals surface area contributed by atoms with Gasteiger partial charge >= 0.3 is 11.9 Å². The average molecular weight is 565 g/mol. The number of esters is 2. The molecular formula is C34H60O6. The van der Waals surface area contributed by atoms with E-state index >= 15 is 0 Å². The van der Waals surface area contributed by atoms with Crippen molar-refractivity contribution in [2.75, 3.05) is 0 Å². The Morgan fingerprint density at radius 2 is 1.57 bits per heavy atom. The summed E-state index contributed by atoms with van der Waals surface area (Å²) >= 11 is 0. The van der Waals surface area contributed by atoms with Crippen LogP contribution in [0.5, 0.6) is 0 Å². The van der Waals surface area contributed by atoms with Crippen LogP contribution in [0.25, 0.3) is 0 Å². The molecular weight excluding hydrogens is 504 g/mol. The Morgan fingerprint density at radius 1 is 0.875 bits per heavy atom. The fourth-order valence-electron chi connectivity index (χ4n) is 5.73. The van der Waals surface area contributed by atoms with Crippen molar-refractivity contribution in [3.63, 3.8) is 0 Å². The van der Waals surface area contributed by atoms with E-state index in [0.717, 1.165) is 70.6 Å². The molecule has 232 valence electrons. The minimum atomic E-state index is -0.527. The van der Waals surface area contributed by atoms with Crippen molar-refractivity contribution < 1.29 is 29.3 Å². The predicted molar refractivity (Wildman–Crippen MR) is 163 cm³/mol. The molecule has 2 N–H and O–H groups in total. The molecule has 1 rings (SSSR count). The minimum Gasteiger partial charge on any atom is -0.463 e. The first kappa shape index (κ1) is 36.4. The molecule has 0 unspecified atom stereocenters. The highest BCUT2D eigenvalue weighted by atomic mass is 16.5. The Balaban J connectivity index is 2.57. The van der Waals surface area contributed by atoms with E-state index in [4.69, 9.17) is 9.47 Å². The zero-order valence-electron chi connectivity index (χ0n) is 25.9. The summed E-state index contributed by atoms with van der Waals surface area (Å²) in [7, 11) is 0. The lowest BCUT2D eigenvalue weighted by Gasteiger charge is -2.26. The fourth-order valence-corrected chi connectivity index (χ4v) is 5.73. The molecule has 0 spiro atoms. The van der Waals surface area contributed by atoms with Crippen LogP contribution in [0.1, 0.15) is 143 Å². The molecule has 40 heavy (non-hydrogen) atoms. The van der Waals surface area contributed by atoms with Gasteiger partial charge in [0.1, 0.15) is 6.10 Å². The van der Waals surface area contributed by atoms with Gasteiger partial charge in [-0.1, -0.05) is 70.1 Å². The molecule has 0 radical (unpaired) electrons. The largest absolute Gasteiger partial charge is 0.463 e. The molecule has 6 nitrogen and oxygen atoms in total. The van der Waals surface area contributed by atoms with Gasteiger partial charge in [-0.2, -0.15) is 0 Å². The summed E-state index contributed by atoms with van der Waals surface area (Å²) in [6, 6.07) is 0. The van der Waals surface area contributed by atoms with Crippen LogP contribution in [0.3, 0.4) is 0 Å². The molecule has 1 aliphatic rings. The second-order valence-electron chi connectivity index (χ2n) is 12.0. The number of allylic oxidation sites excluding steroid dienone is 3. The molecule has 0 amide bonds. The molecule has 0 aromatic carbocycles. The lowest BCUT2D eigenvalue weighted by atomic mass is 9.85. The number of carbonyl (C=O) groups excluding carboxylic acids is 2. The Labute approximate surface area is 245 Å². The van der Waals surface area contributed by atoms with Crippen LogP contribution in [-0.2, 0) is 19.1 Å². The van der Waals surface area contributed by atoms with Crippen LogP contribution in [0.2, 0.25) is 0 Å². The summed E-state index contributed by atoms with van der Waals surface area (Å²) in [6.45, 7) is 9.62. The smallest absolute Gasteiger partial charge is 0.306 e. The number of hydrogen-bond donors (Lipinski definition) is 2. The zero-order valence-corrected chi connectivity index (χ0v) is 25.9. The molecule has 0 aromatic heterocycles. The second-order valence-corrected chi connectivity index (χ2v) is 12.0. The van der Waals surface area contributed by atoms with Crippen molar-refractivity contribution in [3.8, 4) is 0 Å². The Hall–Kier alpha value is -1.66. The topological polar surface area (TPSA) is 93.1 Å². The van der Waals surface area contributed by atoms with Crippen LogP contribution < -0.4 is 0 Å². The van der Waals surface area contributed by atoms with Crippen molar-refractivity contribution in [2.45, 2.75) is 167 Å². The lowest BCUT2D eigenvalue weighted by Crippen LogP contribution is -2.27. The SMILES string of the molecule is C=CCCCCCCCCC(=O)O[C@@H]1C[C@H](O)[C@H](C/C=C\CCCC(=O)OC(C)C)[C@H]1CC[C@@H](O)CCCCC. The number of rotatable bonds is 24. The number of unbranched alkanes of at least 4 members (excludes halogenated alkanes) is 9. The van der Waals surface area contributed by atoms with Gasteiger partial charge in [-0.25, -0.2) is 0 Å². The van der Waals surface area contributed by atoms with Gasteiger partial charge in [-0.15, -0.1) is 6.58 Å². The van der Waals surface area contributed by atoms with Crippen LogP contribution >= 0.6 is 0 Å². The first-order chi connectivity index (χ1) is 19.3. The van der Waals surface area contributed by atoms with E-state index in [1.54, 1.807) is 0 Å². The molecule has 0 heterocycles. The molecule has 0 saturated heterocycles. The van der Waals surface area contributed by atoms with Crippen molar-refractivity contribution in [2.24, 2.45) is 11.8 Å². The van der Waals surface area contributed by atoms with E-state index in [1.165, 1.54) is 19.3 Å².